The van der Waals surface area contributed by atoms with Gasteiger partial charge < -0.3 is 11.1 Å². The van der Waals surface area contributed by atoms with Crippen molar-refractivity contribution in [1.29, 1.82) is 0 Å². The fraction of sp³-hybridized carbons (Fsp3) is 0.182. The second kappa shape index (κ2) is 4.25. The monoisotopic (exact) mass is 231 g/mol. The fourth-order valence-electron chi connectivity index (χ4n) is 1.52. The number of hydrogen-bond acceptors (Lipinski definition) is 4. The van der Waals surface area contributed by atoms with E-state index in [2.05, 4.69) is 15.4 Å². The number of carbonyl (C=O) groups excluding carboxylic acids is 1. The van der Waals surface area contributed by atoms with Gasteiger partial charge in [0.25, 0.3) is 5.91 Å². The van der Waals surface area contributed by atoms with Crippen LogP contribution in [0.25, 0.3) is 0 Å². The van der Waals surface area contributed by atoms with E-state index in [-0.39, 0.29) is 5.91 Å². The third-order valence-corrected chi connectivity index (χ3v) is 2.42. The van der Waals surface area contributed by atoms with Gasteiger partial charge in [-0.1, -0.05) is 6.07 Å². The Hall–Kier alpha value is -2.37. The molecular formula is C11H13N5O. The van der Waals surface area contributed by atoms with Crippen molar-refractivity contribution in [3.05, 3.63) is 35.8 Å². The standard InChI is InChI=1S/C11H13N5O/c1-7-4-3-5-13-10(7)15-11(17)9-8(12)6-14-16(9)2/h3-6H,12H2,1-2H3,(H,13,15,17). The van der Waals surface area contributed by atoms with Crippen LogP contribution in [-0.4, -0.2) is 20.7 Å². The number of rotatable bonds is 2. The Kier molecular flexibility index (Phi) is 2.78. The predicted octanol–water partition coefficient (Wildman–Crippen LogP) is 0.958. The Morgan fingerprint density at radius 1 is 1.53 bits per heavy atom. The maximum Gasteiger partial charge on any atom is 0.277 e. The van der Waals surface area contributed by atoms with Crippen LogP contribution in [0.3, 0.4) is 0 Å². The summed E-state index contributed by atoms with van der Waals surface area (Å²) in [5.74, 6) is 0.211. The molecule has 0 fully saturated rings. The quantitative estimate of drug-likeness (QED) is 0.806. The highest BCUT2D eigenvalue weighted by atomic mass is 16.2. The zero-order valence-corrected chi connectivity index (χ0v) is 9.64. The summed E-state index contributed by atoms with van der Waals surface area (Å²) in [7, 11) is 1.66. The molecule has 2 heterocycles. The molecule has 0 saturated heterocycles. The van der Waals surface area contributed by atoms with Gasteiger partial charge in [0.1, 0.15) is 11.5 Å². The van der Waals surface area contributed by atoms with Gasteiger partial charge in [0, 0.05) is 13.2 Å². The summed E-state index contributed by atoms with van der Waals surface area (Å²) in [6.45, 7) is 1.87. The van der Waals surface area contributed by atoms with Gasteiger partial charge in [-0.15, -0.1) is 0 Å². The molecule has 2 aromatic heterocycles. The van der Waals surface area contributed by atoms with Crippen LogP contribution < -0.4 is 11.1 Å². The Balaban J connectivity index is 2.27. The first-order valence-corrected chi connectivity index (χ1v) is 5.10. The molecule has 3 N–H and O–H groups in total. The number of aromatic nitrogens is 3. The van der Waals surface area contributed by atoms with Crippen molar-refractivity contribution in [3.8, 4) is 0 Å². The van der Waals surface area contributed by atoms with E-state index in [1.54, 1.807) is 13.2 Å². The Labute approximate surface area is 98.5 Å². The molecule has 0 atom stereocenters. The van der Waals surface area contributed by atoms with Crippen molar-refractivity contribution in [1.82, 2.24) is 14.8 Å². The average Bonchev–Trinajstić information content (AvgIpc) is 2.62. The number of nitrogens with zero attached hydrogens (tertiary/aromatic N) is 3. The highest BCUT2D eigenvalue weighted by molar-refractivity contribution is 6.06. The molecule has 17 heavy (non-hydrogen) atoms. The van der Waals surface area contributed by atoms with E-state index in [4.69, 9.17) is 5.73 Å². The topological polar surface area (TPSA) is 85.8 Å². The number of carbonyl (C=O) groups is 1. The normalized spacial score (nSPS) is 10.2. The molecule has 88 valence electrons. The van der Waals surface area contributed by atoms with E-state index in [0.29, 0.717) is 17.2 Å². The number of aryl methyl sites for hydroxylation is 2. The van der Waals surface area contributed by atoms with Crippen LogP contribution in [0.15, 0.2) is 24.5 Å². The lowest BCUT2D eigenvalue weighted by molar-refractivity contribution is 0.101. The summed E-state index contributed by atoms with van der Waals surface area (Å²) in [5.41, 5.74) is 7.23. The number of nitrogen functional groups attached to an aromatic ring is 1. The second-order valence-corrected chi connectivity index (χ2v) is 3.70. The van der Waals surface area contributed by atoms with Crippen LogP contribution >= 0.6 is 0 Å². The van der Waals surface area contributed by atoms with Crippen molar-refractivity contribution in [2.45, 2.75) is 6.92 Å². The van der Waals surface area contributed by atoms with Gasteiger partial charge in [-0.25, -0.2) is 4.98 Å². The van der Waals surface area contributed by atoms with Gasteiger partial charge >= 0.3 is 0 Å². The minimum atomic E-state index is -0.315. The van der Waals surface area contributed by atoms with Crippen LogP contribution in [0, 0.1) is 6.92 Å². The molecule has 0 saturated carbocycles. The van der Waals surface area contributed by atoms with E-state index >= 15 is 0 Å². The molecular weight excluding hydrogens is 218 g/mol. The van der Waals surface area contributed by atoms with Crippen LogP contribution in [0.2, 0.25) is 0 Å². The third kappa shape index (κ3) is 2.10. The molecule has 2 aromatic rings. The van der Waals surface area contributed by atoms with E-state index in [0.717, 1.165) is 5.56 Å². The molecule has 0 bridgehead atoms. The highest BCUT2D eigenvalue weighted by Gasteiger charge is 2.15. The van der Waals surface area contributed by atoms with Crippen molar-refractivity contribution in [3.63, 3.8) is 0 Å². The zero-order valence-electron chi connectivity index (χ0n) is 9.64. The molecule has 2 rings (SSSR count). The van der Waals surface area contributed by atoms with E-state index in [1.807, 2.05) is 19.1 Å². The summed E-state index contributed by atoms with van der Waals surface area (Å²) in [4.78, 5) is 16.1. The minimum absolute atomic E-state index is 0.315. The smallest absolute Gasteiger partial charge is 0.277 e. The first-order chi connectivity index (χ1) is 8.09. The Morgan fingerprint density at radius 2 is 2.29 bits per heavy atom. The molecule has 6 heteroatoms. The van der Waals surface area contributed by atoms with Crippen molar-refractivity contribution in [2.75, 3.05) is 11.1 Å². The summed E-state index contributed by atoms with van der Waals surface area (Å²) in [6.07, 6.45) is 3.06. The maximum atomic E-state index is 12.0. The number of nitrogens with two attached hydrogens (primary N) is 1. The van der Waals surface area contributed by atoms with Crippen molar-refractivity contribution < 1.29 is 4.79 Å². The number of hydrogen-bond donors (Lipinski definition) is 2. The number of anilines is 2. The van der Waals surface area contributed by atoms with Gasteiger partial charge in [-0.3, -0.25) is 9.48 Å². The Bertz CT molecular complexity index is 541. The molecule has 0 unspecified atom stereocenters. The average molecular weight is 231 g/mol. The summed E-state index contributed by atoms with van der Waals surface area (Å²) in [5, 5.41) is 6.62. The molecule has 0 aliphatic carbocycles. The fourth-order valence-corrected chi connectivity index (χ4v) is 1.52. The number of pyridine rings is 1. The van der Waals surface area contributed by atoms with Crippen LogP contribution in [0.1, 0.15) is 16.1 Å². The van der Waals surface area contributed by atoms with Crippen LogP contribution in [0.4, 0.5) is 11.5 Å². The van der Waals surface area contributed by atoms with Gasteiger partial charge in [-0.05, 0) is 18.6 Å². The number of nitrogens with one attached hydrogen (secondary N) is 1. The van der Waals surface area contributed by atoms with Crippen LogP contribution in [0.5, 0.6) is 0 Å². The highest BCUT2D eigenvalue weighted by Crippen LogP contribution is 2.14. The summed E-state index contributed by atoms with van der Waals surface area (Å²) >= 11 is 0. The van der Waals surface area contributed by atoms with Crippen molar-refractivity contribution in [2.24, 2.45) is 7.05 Å². The third-order valence-electron chi connectivity index (χ3n) is 2.42. The van der Waals surface area contributed by atoms with E-state index in [9.17, 15) is 4.79 Å². The van der Waals surface area contributed by atoms with Gasteiger partial charge in [0.15, 0.2) is 0 Å². The zero-order chi connectivity index (χ0) is 12.4. The molecule has 0 aliphatic rings. The predicted molar refractivity (Wildman–Crippen MR) is 64.5 cm³/mol. The minimum Gasteiger partial charge on any atom is -0.396 e. The van der Waals surface area contributed by atoms with Gasteiger partial charge in [0.2, 0.25) is 0 Å². The van der Waals surface area contributed by atoms with Crippen LogP contribution in [-0.2, 0) is 7.05 Å². The molecule has 0 spiro atoms. The summed E-state index contributed by atoms with van der Waals surface area (Å²) in [6, 6.07) is 3.68. The largest absolute Gasteiger partial charge is 0.396 e. The molecule has 0 radical (unpaired) electrons. The lowest BCUT2D eigenvalue weighted by Crippen LogP contribution is -2.18. The van der Waals surface area contributed by atoms with E-state index in [1.165, 1.54) is 10.9 Å². The lowest BCUT2D eigenvalue weighted by atomic mass is 10.3. The molecule has 1 amide bonds. The molecule has 6 nitrogen and oxygen atoms in total. The second-order valence-electron chi connectivity index (χ2n) is 3.70. The summed E-state index contributed by atoms with van der Waals surface area (Å²) < 4.78 is 1.43. The first kappa shape index (κ1) is 11.1. The maximum absolute atomic E-state index is 12.0. The molecule has 0 aliphatic heterocycles. The van der Waals surface area contributed by atoms with Gasteiger partial charge in [-0.2, -0.15) is 5.10 Å². The lowest BCUT2D eigenvalue weighted by Gasteiger charge is -2.07. The molecule has 0 aromatic carbocycles. The SMILES string of the molecule is Cc1cccnc1NC(=O)c1c(N)cnn1C. The first-order valence-electron chi connectivity index (χ1n) is 5.10. The van der Waals surface area contributed by atoms with E-state index < -0.39 is 0 Å². The van der Waals surface area contributed by atoms with Crippen molar-refractivity contribution >= 4 is 17.4 Å². The number of amides is 1. The van der Waals surface area contributed by atoms with Gasteiger partial charge in [0.05, 0.1) is 11.9 Å². The Morgan fingerprint density at radius 3 is 2.88 bits per heavy atom.